The number of hydrogen-bond donors (Lipinski definition) is 1. The van der Waals surface area contributed by atoms with E-state index in [4.69, 9.17) is 9.47 Å². The van der Waals surface area contributed by atoms with Crippen LogP contribution in [0.2, 0.25) is 0 Å². The SMILES string of the molecule is COc1cc(CNCc2ccccc2)cc(Br)c1OCc1ccccc1F. The molecule has 0 fully saturated rings. The second-order valence-electron chi connectivity index (χ2n) is 6.08. The summed E-state index contributed by atoms with van der Waals surface area (Å²) < 4.78 is 25.9. The van der Waals surface area contributed by atoms with E-state index in [1.807, 2.05) is 30.3 Å². The number of benzene rings is 3. The van der Waals surface area contributed by atoms with Crippen molar-refractivity contribution in [2.45, 2.75) is 19.7 Å². The Balaban J connectivity index is 1.66. The zero-order valence-corrected chi connectivity index (χ0v) is 16.6. The summed E-state index contributed by atoms with van der Waals surface area (Å²) in [4.78, 5) is 0. The van der Waals surface area contributed by atoms with Gasteiger partial charge in [-0.15, -0.1) is 0 Å². The van der Waals surface area contributed by atoms with Gasteiger partial charge < -0.3 is 14.8 Å². The summed E-state index contributed by atoms with van der Waals surface area (Å²) in [5, 5.41) is 3.41. The van der Waals surface area contributed by atoms with Crippen LogP contribution in [0, 0.1) is 5.82 Å². The summed E-state index contributed by atoms with van der Waals surface area (Å²) in [5.74, 6) is 0.888. The Morgan fingerprint density at radius 3 is 2.37 bits per heavy atom. The maximum Gasteiger partial charge on any atom is 0.175 e. The normalized spacial score (nSPS) is 10.6. The van der Waals surface area contributed by atoms with Crippen molar-refractivity contribution in [1.29, 1.82) is 0 Å². The number of hydrogen-bond acceptors (Lipinski definition) is 3. The average Bonchev–Trinajstić information content (AvgIpc) is 2.69. The summed E-state index contributed by atoms with van der Waals surface area (Å²) in [6.07, 6.45) is 0. The molecule has 1 N–H and O–H groups in total. The Morgan fingerprint density at radius 1 is 0.926 bits per heavy atom. The molecule has 0 bridgehead atoms. The first-order valence-electron chi connectivity index (χ1n) is 8.64. The molecule has 3 aromatic rings. The summed E-state index contributed by atoms with van der Waals surface area (Å²) in [6.45, 7) is 1.61. The van der Waals surface area contributed by atoms with E-state index in [-0.39, 0.29) is 12.4 Å². The molecule has 0 unspecified atom stereocenters. The minimum atomic E-state index is -0.283. The number of rotatable bonds is 8. The van der Waals surface area contributed by atoms with Crippen LogP contribution in [0.5, 0.6) is 11.5 Å². The summed E-state index contributed by atoms with van der Waals surface area (Å²) in [7, 11) is 1.60. The molecule has 140 valence electrons. The molecule has 3 rings (SSSR count). The monoisotopic (exact) mass is 429 g/mol. The zero-order valence-electron chi connectivity index (χ0n) is 15.0. The van der Waals surface area contributed by atoms with Gasteiger partial charge in [0.2, 0.25) is 0 Å². The molecule has 0 saturated heterocycles. The molecular formula is C22H21BrFNO2. The van der Waals surface area contributed by atoms with E-state index in [0.29, 0.717) is 23.6 Å². The van der Waals surface area contributed by atoms with Crippen molar-refractivity contribution in [3.05, 3.63) is 93.7 Å². The Kier molecular flexibility index (Phi) is 6.85. The highest BCUT2D eigenvalue weighted by atomic mass is 79.9. The van der Waals surface area contributed by atoms with Crippen LogP contribution in [0.1, 0.15) is 16.7 Å². The molecule has 3 aromatic carbocycles. The van der Waals surface area contributed by atoms with Gasteiger partial charge in [0.1, 0.15) is 12.4 Å². The lowest BCUT2D eigenvalue weighted by Crippen LogP contribution is -2.13. The molecule has 0 amide bonds. The van der Waals surface area contributed by atoms with E-state index in [2.05, 4.69) is 33.4 Å². The van der Waals surface area contributed by atoms with Crippen molar-refractivity contribution < 1.29 is 13.9 Å². The predicted octanol–water partition coefficient (Wildman–Crippen LogP) is 5.47. The molecule has 0 aliphatic carbocycles. The summed E-state index contributed by atoms with van der Waals surface area (Å²) >= 11 is 3.54. The standard InChI is InChI=1S/C22H21BrFNO2/c1-26-21-12-17(14-25-13-16-7-3-2-4-8-16)11-19(23)22(21)27-15-18-9-5-6-10-20(18)24/h2-12,25H,13-15H2,1H3. The first-order valence-corrected chi connectivity index (χ1v) is 9.44. The quantitative estimate of drug-likeness (QED) is 0.515. The van der Waals surface area contributed by atoms with Crippen LogP contribution < -0.4 is 14.8 Å². The minimum absolute atomic E-state index is 0.132. The Hall–Kier alpha value is -2.37. The van der Waals surface area contributed by atoms with Gasteiger partial charge in [0.25, 0.3) is 0 Å². The molecule has 5 heteroatoms. The van der Waals surface area contributed by atoms with Gasteiger partial charge in [-0.25, -0.2) is 4.39 Å². The van der Waals surface area contributed by atoms with Gasteiger partial charge in [-0.2, -0.15) is 0 Å². The predicted molar refractivity (Wildman–Crippen MR) is 108 cm³/mol. The molecule has 0 aromatic heterocycles. The van der Waals surface area contributed by atoms with Crippen molar-refractivity contribution in [1.82, 2.24) is 5.32 Å². The molecule has 0 heterocycles. The zero-order chi connectivity index (χ0) is 19.1. The topological polar surface area (TPSA) is 30.5 Å². The first-order chi connectivity index (χ1) is 13.2. The van der Waals surface area contributed by atoms with E-state index in [1.165, 1.54) is 11.6 Å². The van der Waals surface area contributed by atoms with Crippen LogP contribution in [0.3, 0.4) is 0 Å². The van der Waals surface area contributed by atoms with Gasteiger partial charge in [0, 0.05) is 18.7 Å². The van der Waals surface area contributed by atoms with Crippen molar-refractivity contribution in [2.75, 3.05) is 7.11 Å². The third kappa shape index (κ3) is 5.31. The van der Waals surface area contributed by atoms with Crippen molar-refractivity contribution in [3.63, 3.8) is 0 Å². The smallest absolute Gasteiger partial charge is 0.175 e. The van der Waals surface area contributed by atoms with Gasteiger partial charge in [-0.05, 0) is 45.3 Å². The Labute approximate surface area is 167 Å². The molecule has 0 aliphatic heterocycles. The summed E-state index contributed by atoms with van der Waals surface area (Å²) in [5.41, 5.74) is 2.79. The van der Waals surface area contributed by atoms with Gasteiger partial charge in [-0.1, -0.05) is 48.5 Å². The molecule has 0 aliphatic rings. The maximum absolute atomic E-state index is 13.8. The Bertz CT molecular complexity index is 887. The number of ether oxygens (including phenoxy) is 2. The van der Waals surface area contributed by atoms with Gasteiger partial charge in [-0.3, -0.25) is 0 Å². The van der Waals surface area contributed by atoms with Gasteiger partial charge in [0.05, 0.1) is 11.6 Å². The number of halogens is 2. The van der Waals surface area contributed by atoms with Crippen LogP contribution in [-0.2, 0) is 19.7 Å². The molecule has 27 heavy (non-hydrogen) atoms. The lowest BCUT2D eigenvalue weighted by Gasteiger charge is -2.15. The van der Waals surface area contributed by atoms with E-state index in [1.54, 1.807) is 25.3 Å². The van der Waals surface area contributed by atoms with Crippen LogP contribution in [0.25, 0.3) is 0 Å². The van der Waals surface area contributed by atoms with Gasteiger partial charge in [0.15, 0.2) is 11.5 Å². The lowest BCUT2D eigenvalue weighted by atomic mass is 10.1. The number of nitrogens with one attached hydrogen (secondary N) is 1. The highest BCUT2D eigenvalue weighted by Crippen LogP contribution is 2.37. The average molecular weight is 430 g/mol. The fraction of sp³-hybridized carbons (Fsp3) is 0.182. The summed E-state index contributed by atoms with van der Waals surface area (Å²) in [6, 6.07) is 20.7. The molecule has 0 atom stereocenters. The fourth-order valence-corrected chi connectivity index (χ4v) is 3.33. The van der Waals surface area contributed by atoms with Crippen LogP contribution in [-0.4, -0.2) is 7.11 Å². The highest BCUT2D eigenvalue weighted by molar-refractivity contribution is 9.10. The maximum atomic E-state index is 13.8. The molecule has 3 nitrogen and oxygen atoms in total. The second-order valence-corrected chi connectivity index (χ2v) is 6.93. The minimum Gasteiger partial charge on any atom is -0.493 e. The molecule has 0 saturated carbocycles. The molecule has 0 radical (unpaired) electrons. The van der Waals surface area contributed by atoms with E-state index in [9.17, 15) is 4.39 Å². The second kappa shape index (κ2) is 9.53. The highest BCUT2D eigenvalue weighted by Gasteiger charge is 2.13. The van der Waals surface area contributed by atoms with Crippen molar-refractivity contribution >= 4 is 15.9 Å². The Morgan fingerprint density at radius 2 is 1.63 bits per heavy atom. The number of methoxy groups -OCH3 is 1. The largest absolute Gasteiger partial charge is 0.493 e. The fourth-order valence-electron chi connectivity index (χ4n) is 2.73. The van der Waals surface area contributed by atoms with Crippen LogP contribution in [0.15, 0.2) is 71.2 Å². The van der Waals surface area contributed by atoms with E-state index < -0.39 is 0 Å². The van der Waals surface area contributed by atoms with Crippen molar-refractivity contribution in [2.24, 2.45) is 0 Å². The van der Waals surface area contributed by atoms with Crippen LogP contribution >= 0.6 is 15.9 Å². The third-order valence-corrected chi connectivity index (χ3v) is 4.71. The van der Waals surface area contributed by atoms with Crippen molar-refractivity contribution in [3.8, 4) is 11.5 Å². The lowest BCUT2D eigenvalue weighted by molar-refractivity contribution is 0.277. The first kappa shape index (κ1) is 19.4. The van der Waals surface area contributed by atoms with Gasteiger partial charge >= 0.3 is 0 Å². The van der Waals surface area contributed by atoms with E-state index >= 15 is 0 Å². The molecular weight excluding hydrogens is 409 g/mol. The molecule has 0 spiro atoms. The van der Waals surface area contributed by atoms with Crippen LogP contribution in [0.4, 0.5) is 4.39 Å². The third-order valence-electron chi connectivity index (χ3n) is 4.12. The van der Waals surface area contributed by atoms with E-state index in [0.717, 1.165) is 16.6 Å².